The van der Waals surface area contributed by atoms with E-state index in [0.717, 1.165) is 67.7 Å². The minimum absolute atomic E-state index is 0.704. The van der Waals surface area contributed by atoms with Crippen LogP contribution in [-0.2, 0) is 19.5 Å². The van der Waals surface area contributed by atoms with E-state index >= 15 is 0 Å². The highest BCUT2D eigenvalue weighted by atomic mass is 16.5. The molecule has 0 aliphatic carbocycles. The summed E-state index contributed by atoms with van der Waals surface area (Å²) >= 11 is 0. The van der Waals surface area contributed by atoms with Gasteiger partial charge in [-0.25, -0.2) is 4.98 Å². The van der Waals surface area contributed by atoms with Gasteiger partial charge >= 0.3 is 0 Å². The molecule has 0 saturated carbocycles. The minimum Gasteiger partial charge on any atom is -0.438 e. The Bertz CT molecular complexity index is 1020. The number of pyridine rings is 1. The molecule has 1 saturated heterocycles. The largest absolute Gasteiger partial charge is 0.438 e. The van der Waals surface area contributed by atoms with Crippen LogP contribution < -0.4 is 9.64 Å². The van der Waals surface area contributed by atoms with Crippen molar-refractivity contribution in [3.8, 4) is 11.6 Å². The Labute approximate surface area is 177 Å². The molecule has 1 aromatic carbocycles. The first kappa shape index (κ1) is 19.0. The second-order valence-electron chi connectivity index (χ2n) is 8.13. The number of hydrogen-bond acceptors (Lipinski definition) is 6. The van der Waals surface area contributed by atoms with E-state index in [-0.39, 0.29) is 0 Å². The Kier molecular flexibility index (Phi) is 5.32. The summed E-state index contributed by atoms with van der Waals surface area (Å²) in [5.41, 5.74) is 4.62. The lowest BCUT2D eigenvalue weighted by atomic mass is 10.1. The quantitative estimate of drug-likeness (QED) is 0.641. The molecular formula is C24H27N5O. The van der Waals surface area contributed by atoms with Crippen molar-refractivity contribution in [3.63, 3.8) is 0 Å². The molecule has 0 atom stereocenters. The zero-order chi connectivity index (χ0) is 20.3. The van der Waals surface area contributed by atoms with E-state index in [1.54, 1.807) is 0 Å². The second kappa shape index (κ2) is 8.40. The molecule has 6 heteroatoms. The van der Waals surface area contributed by atoms with Crippen molar-refractivity contribution in [1.82, 2.24) is 19.9 Å². The Morgan fingerprint density at radius 1 is 0.967 bits per heavy atom. The lowest BCUT2D eigenvalue weighted by Gasteiger charge is -2.30. The van der Waals surface area contributed by atoms with Crippen LogP contribution in [0.3, 0.4) is 0 Å². The molecule has 0 amide bonds. The van der Waals surface area contributed by atoms with Gasteiger partial charge in [0.15, 0.2) is 0 Å². The van der Waals surface area contributed by atoms with Gasteiger partial charge in [0.1, 0.15) is 5.75 Å². The predicted molar refractivity (Wildman–Crippen MR) is 117 cm³/mol. The third-order valence-electron chi connectivity index (χ3n) is 5.93. The summed E-state index contributed by atoms with van der Waals surface area (Å²) in [4.78, 5) is 18.7. The van der Waals surface area contributed by atoms with Gasteiger partial charge in [-0.05, 0) is 49.1 Å². The van der Waals surface area contributed by atoms with Gasteiger partial charge in [-0.3, -0.25) is 9.88 Å². The Hall–Kier alpha value is -2.99. The van der Waals surface area contributed by atoms with Crippen molar-refractivity contribution >= 4 is 5.95 Å². The Morgan fingerprint density at radius 3 is 2.57 bits per heavy atom. The fourth-order valence-corrected chi connectivity index (χ4v) is 4.23. The van der Waals surface area contributed by atoms with E-state index in [0.29, 0.717) is 5.88 Å². The van der Waals surface area contributed by atoms with Gasteiger partial charge in [0.2, 0.25) is 11.8 Å². The highest BCUT2D eigenvalue weighted by Gasteiger charge is 2.26. The molecule has 0 radical (unpaired) electrons. The van der Waals surface area contributed by atoms with E-state index in [9.17, 15) is 0 Å². The number of anilines is 1. The summed E-state index contributed by atoms with van der Waals surface area (Å²) in [5.74, 6) is 2.38. The van der Waals surface area contributed by atoms with E-state index in [4.69, 9.17) is 14.7 Å². The normalized spacial score (nSPS) is 16.5. The first-order valence-electron chi connectivity index (χ1n) is 10.8. The Balaban J connectivity index is 1.47. The highest BCUT2D eigenvalue weighted by molar-refractivity contribution is 5.45. The van der Waals surface area contributed by atoms with Crippen molar-refractivity contribution in [2.24, 2.45) is 0 Å². The third kappa shape index (κ3) is 4.00. The number of aromatic nitrogens is 3. The maximum atomic E-state index is 6.39. The fourth-order valence-electron chi connectivity index (χ4n) is 4.23. The molecule has 3 aromatic rings. The molecule has 30 heavy (non-hydrogen) atoms. The molecule has 2 aromatic heterocycles. The maximum absolute atomic E-state index is 6.39. The first-order valence-corrected chi connectivity index (χ1v) is 10.8. The summed E-state index contributed by atoms with van der Waals surface area (Å²) in [6.45, 7) is 6.78. The molecule has 2 aliphatic heterocycles. The minimum atomic E-state index is 0.704. The molecule has 0 unspecified atom stereocenters. The van der Waals surface area contributed by atoms with Crippen LogP contribution in [0.5, 0.6) is 11.6 Å². The summed E-state index contributed by atoms with van der Waals surface area (Å²) in [5, 5.41) is 0. The topological polar surface area (TPSA) is 54.4 Å². The number of fused-ring (bicyclic) bond motifs is 1. The van der Waals surface area contributed by atoms with Gasteiger partial charge in [-0.2, -0.15) is 4.98 Å². The molecule has 154 valence electrons. The van der Waals surface area contributed by atoms with Crippen LogP contribution in [-0.4, -0.2) is 39.5 Å². The van der Waals surface area contributed by atoms with Crippen molar-refractivity contribution < 1.29 is 4.74 Å². The summed E-state index contributed by atoms with van der Waals surface area (Å²) in [7, 11) is 0. The lowest BCUT2D eigenvalue weighted by Crippen LogP contribution is -2.32. The van der Waals surface area contributed by atoms with Crippen molar-refractivity contribution in [3.05, 3.63) is 71.2 Å². The number of ether oxygens (including phenoxy) is 1. The van der Waals surface area contributed by atoms with Crippen LogP contribution in [0.4, 0.5) is 5.95 Å². The van der Waals surface area contributed by atoms with Gasteiger partial charge in [-0.15, -0.1) is 0 Å². The SMILES string of the molecule is Cc1ccccc1Oc1nc(N2CCCC2)nc2c1CN(Cc1ccncc1)CC2. The lowest BCUT2D eigenvalue weighted by molar-refractivity contribution is 0.238. The summed E-state index contributed by atoms with van der Waals surface area (Å²) in [6, 6.07) is 12.3. The van der Waals surface area contributed by atoms with Crippen molar-refractivity contribution in [2.45, 2.75) is 39.3 Å². The molecule has 0 bridgehead atoms. The van der Waals surface area contributed by atoms with E-state index in [2.05, 4.69) is 39.9 Å². The fraction of sp³-hybridized carbons (Fsp3) is 0.375. The van der Waals surface area contributed by atoms with E-state index in [1.807, 2.05) is 30.6 Å². The predicted octanol–water partition coefficient (Wildman–Crippen LogP) is 4.13. The van der Waals surface area contributed by atoms with Gasteiger partial charge in [0.05, 0.1) is 11.3 Å². The third-order valence-corrected chi connectivity index (χ3v) is 5.93. The van der Waals surface area contributed by atoms with E-state index < -0.39 is 0 Å². The van der Waals surface area contributed by atoms with Gasteiger partial charge < -0.3 is 9.64 Å². The Morgan fingerprint density at radius 2 is 1.77 bits per heavy atom. The zero-order valence-electron chi connectivity index (χ0n) is 17.4. The average Bonchev–Trinajstić information content (AvgIpc) is 3.31. The summed E-state index contributed by atoms with van der Waals surface area (Å²) < 4.78 is 6.39. The van der Waals surface area contributed by atoms with Crippen LogP contribution in [0.1, 0.15) is 35.2 Å². The zero-order valence-corrected chi connectivity index (χ0v) is 17.4. The second-order valence-corrected chi connectivity index (χ2v) is 8.13. The number of para-hydroxylation sites is 1. The molecule has 6 nitrogen and oxygen atoms in total. The number of benzene rings is 1. The monoisotopic (exact) mass is 401 g/mol. The molecule has 5 rings (SSSR count). The van der Waals surface area contributed by atoms with Crippen LogP contribution >= 0.6 is 0 Å². The van der Waals surface area contributed by atoms with Gasteiger partial charge in [-0.1, -0.05) is 18.2 Å². The molecule has 4 heterocycles. The highest BCUT2D eigenvalue weighted by Crippen LogP contribution is 2.33. The molecule has 2 aliphatic rings. The molecule has 1 fully saturated rings. The van der Waals surface area contributed by atoms with Crippen LogP contribution in [0.15, 0.2) is 48.8 Å². The molecule has 0 N–H and O–H groups in total. The van der Waals surface area contributed by atoms with Gasteiger partial charge in [0, 0.05) is 51.5 Å². The maximum Gasteiger partial charge on any atom is 0.228 e. The average molecular weight is 402 g/mol. The number of hydrogen-bond donors (Lipinski definition) is 0. The van der Waals surface area contributed by atoms with Crippen LogP contribution in [0.25, 0.3) is 0 Å². The smallest absolute Gasteiger partial charge is 0.228 e. The number of nitrogens with zero attached hydrogens (tertiary/aromatic N) is 5. The van der Waals surface area contributed by atoms with E-state index in [1.165, 1.54) is 18.4 Å². The van der Waals surface area contributed by atoms with Gasteiger partial charge in [0.25, 0.3) is 0 Å². The number of aryl methyl sites for hydroxylation is 1. The number of rotatable bonds is 5. The van der Waals surface area contributed by atoms with Crippen LogP contribution in [0, 0.1) is 6.92 Å². The molecule has 0 spiro atoms. The van der Waals surface area contributed by atoms with Crippen LogP contribution in [0.2, 0.25) is 0 Å². The summed E-state index contributed by atoms with van der Waals surface area (Å²) in [6.07, 6.45) is 7.02. The molecular weight excluding hydrogens is 374 g/mol. The standard InChI is InChI=1S/C24H27N5O/c1-18-6-2-3-7-22(18)30-23-20-17-28(16-19-8-11-25-12-9-19)15-10-21(20)26-24(27-23)29-13-4-5-14-29/h2-3,6-9,11-12H,4-5,10,13-17H2,1H3. The first-order chi connectivity index (χ1) is 14.8. The van der Waals surface area contributed by atoms with Crippen molar-refractivity contribution in [2.75, 3.05) is 24.5 Å². The van der Waals surface area contributed by atoms with Crippen molar-refractivity contribution in [1.29, 1.82) is 0 Å².